The fraction of sp³-hybridized carbons (Fsp3) is 0.118. The number of halogens is 2. The van der Waals surface area contributed by atoms with Gasteiger partial charge in [-0.05, 0) is 35.9 Å². The number of benzene rings is 2. The van der Waals surface area contributed by atoms with Gasteiger partial charge in [0.1, 0.15) is 0 Å². The second kappa shape index (κ2) is 6.68. The number of fused-ring (bicyclic) bond motifs is 1. The van der Waals surface area contributed by atoms with Gasteiger partial charge in [0.2, 0.25) is 5.91 Å². The third-order valence-electron chi connectivity index (χ3n) is 3.56. The summed E-state index contributed by atoms with van der Waals surface area (Å²) in [7, 11) is 0. The maximum atomic E-state index is 12.7. The minimum atomic E-state index is -2.71. The van der Waals surface area contributed by atoms with E-state index < -0.39 is 24.1 Å². The van der Waals surface area contributed by atoms with Crippen molar-refractivity contribution >= 4 is 28.5 Å². The van der Waals surface area contributed by atoms with Gasteiger partial charge in [-0.25, -0.2) is 13.8 Å². The Labute approximate surface area is 141 Å². The van der Waals surface area contributed by atoms with Crippen molar-refractivity contribution in [3.63, 3.8) is 0 Å². The molecular weight excluding hydrogens is 330 g/mol. The molecule has 1 heterocycles. The lowest BCUT2D eigenvalue weighted by Gasteiger charge is -2.06. The first kappa shape index (κ1) is 16.6. The molecule has 128 valence electrons. The van der Waals surface area contributed by atoms with E-state index >= 15 is 0 Å². The number of hydrogen-bond acceptors (Lipinski definition) is 3. The summed E-state index contributed by atoms with van der Waals surface area (Å²) in [6.07, 6.45) is -2.58. The smallest absolute Gasteiger partial charge is 0.295 e. The third kappa shape index (κ3) is 3.79. The van der Waals surface area contributed by atoms with Gasteiger partial charge in [-0.15, -0.1) is 0 Å². The number of nitrogens with one attached hydrogen (secondary N) is 2. The lowest BCUT2D eigenvalue weighted by molar-refractivity contribution is -0.117. The number of carbonyl (C=O) groups is 2. The maximum absolute atomic E-state index is 12.7. The number of amides is 2. The van der Waals surface area contributed by atoms with Crippen molar-refractivity contribution in [1.82, 2.24) is 9.97 Å². The Hall–Kier alpha value is -3.29. The van der Waals surface area contributed by atoms with Gasteiger partial charge in [0.05, 0.1) is 17.5 Å². The largest absolute Gasteiger partial charge is 0.369 e. The van der Waals surface area contributed by atoms with Gasteiger partial charge in [0.15, 0.2) is 5.82 Å². The Bertz CT molecular complexity index is 935. The summed E-state index contributed by atoms with van der Waals surface area (Å²) in [6, 6.07) is 11.2. The molecule has 0 fully saturated rings. The van der Waals surface area contributed by atoms with Crippen molar-refractivity contribution in [2.24, 2.45) is 5.73 Å². The van der Waals surface area contributed by atoms with E-state index in [0.29, 0.717) is 22.3 Å². The molecular formula is C17H14F2N4O2. The molecule has 25 heavy (non-hydrogen) atoms. The monoisotopic (exact) mass is 344 g/mol. The molecule has 2 amide bonds. The molecule has 0 radical (unpaired) electrons. The van der Waals surface area contributed by atoms with E-state index in [1.807, 2.05) is 0 Å². The highest BCUT2D eigenvalue weighted by Crippen LogP contribution is 2.21. The van der Waals surface area contributed by atoms with Crippen molar-refractivity contribution in [1.29, 1.82) is 0 Å². The van der Waals surface area contributed by atoms with Crippen molar-refractivity contribution in [2.45, 2.75) is 12.8 Å². The van der Waals surface area contributed by atoms with E-state index in [2.05, 4.69) is 15.3 Å². The first-order valence-corrected chi connectivity index (χ1v) is 7.39. The number of aromatic nitrogens is 2. The third-order valence-corrected chi connectivity index (χ3v) is 3.56. The summed E-state index contributed by atoms with van der Waals surface area (Å²) >= 11 is 0. The summed E-state index contributed by atoms with van der Waals surface area (Å²) in [6.45, 7) is 0. The Morgan fingerprint density at radius 3 is 2.52 bits per heavy atom. The quantitative estimate of drug-likeness (QED) is 0.663. The summed E-state index contributed by atoms with van der Waals surface area (Å²) in [5.41, 5.74) is 7.43. The molecule has 6 nitrogen and oxygen atoms in total. The molecule has 0 aliphatic carbocycles. The zero-order valence-electron chi connectivity index (χ0n) is 12.9. The second-order valence-electron chi connectivity index (χ2n) is 5.45. The average molecular weight is 344 g/mol. The number of carbonyl (C=O) groups excluding carboxylic acids is 2. The van der Waals surface area contributed by atoms with Gasteiger partial charge >= 0.3 is 0 Å². The number of imidazole rings is 1. The van der Waals surface area contributed by atoms with E-state index in [0.717, 1.165) is 5.56 Å². The maximum Gasteiger partial charge on any atom is 0.295 e. The number of primary amides is 1. The number of aromatic amines is 1. The number of alkyl halides is 2. The number of anilines is 1. The van der Waals surface area contributed by atoms with Gasteiger partial charge in [0, 0.05) is 11.3 Å². The lowest BCUT2D eigenvalue weighted by atomic mass is 10.1. The van der Waals surface area contributed by atoms with E-state index in [1.165, 1.54) is 18.2 Å². The van der Waals surface area contributed by atoms with E-state index in [-0.39, 0.29) is 6.42 Å². The van der Waals surface area contributed by atoms with Crippen LogP contribution < -0.4 is 11.1 Å². The Kier molecular flexibility index (Phi) is 4.42. The van der Waals surface area contributed by atoms with Crippen LogP contribution in [0.25, 0.3) is 11.0 Å². The van der Waals surface area contributed by atoms with Gasteiger partial charge in [-0.3, -0.25) is 9.59 Å². The van der Waals surface area contributed by atoms with Crippen LogP contribution in [-0.4, -0.2) is 21.8 Å². The van der Waals surface area contributed by atoms with Crippen LogP contribution in [0.3, 0.4) is 0 Å². The standard InChI is InChI=1S/C17H14F2N4O2/c18-15(19)16-22-12-6-3-10(8-13(12)23-16)17(25)21-11-4-1-9(2-5-11)7-14(20)24/h1-6,8,15H,7H2,(H2,20,24)(H,21,25)(H,22,23). The Balaban J connectivity index is 1.76. The molecule has 0 bridgehead atoms. The highest BCUT2D eigenvalue weighted by Gasteiger charge is 2.14. The predicted molar refractivity (Wildman–Crippen MR) is 88.3 cm³/mol. The minimum Gasteiger partial charge on any atom is -0.369 e. The van der Waals surface area contributed by atoms with E-state index in [1.54, 1.807) is 24.3 Å². The van der Waals surface area contributed by atoms with Crippen molar-refractivity contribution in [2.75, 3.05) is 5.32 Å². The minimum absolute atomic E-state index is 0.122. The molecule has 3 aromatic rings. The van der Waals surface area contributed by atoms with Crippen LogP contribution in [-0.2, 0) is 11.2 Å². The van der Waals surface area contributed by atoms with Gasteiger partial charge in [-0.2, -0.15) is 0 Å². The molecule has 0 atom stereocenters. The fourth-order valence-electron chi connectivity index (χ4n) is 2.38. The highest BCUT2D eigenvalue weighted by atomic mass is 19.3. The van der Waals surface area contributed by atoms with Crippen molar-refractivity contribution < 1.29 is 18.4 Å². The number of rotatable bonds is 5. The topological polar surface area (TPSA) is 101 Å². The second-order valence-corrected chi connectivity index (χ2v) is 5.45. The average Bonchev–Trinajstić information content (AvgIpc) is 2.99. The van der Waals surface area contributed by atoms with Crippen LogP contribution in [0.2, 0.25) is 0 Å². The van der Waals surface area contributed by atoms with Gasteiger partial charge < -0.3 is 16.0 Å². The summed E-state index contributed by atoms with van der Waals surface area (Å²) < 4.78 is 25.3. The predicted octanol–water partition coefficient (Wildman–Crippen LogP) is 2.78. The normalized spacial score (nSPS) is 11.0. The van der Waals surface area contributed by atoms with E-state index in [9.17, 15) is 18.4 Å². The molecule has 3 rings (SSSR count). The Morgan fingerprint density at radius 2 is 1.88 bits per heavy atom. The van der Waals surface area contributed by atoms with Crippen LogP contribution in [0.4, 0.5) is 14.5 Å². The van der Waals surface area contributed by atoms with Crippen LogP contribution in [0.5, 0.6) is 0 Å². The number of hydrogen-bond donors (Lipinski definition) is 3. The number of nitrogens with two attached hydrogens (primary N) is 1. The first-order valence-electron chi connectivity index (χ1n) is 7.39. The van der Waals surface area contributed by atoms with Gasteiger partial charge in [0.25, 0.3) is 12.3 Å². The summed E-state index contributed by atoms with van der Waals surface area (Å²) in [4.78, 5) is 29.4. The SMILES string of the molecule is NC(=O)Cc1ccc(NC(=O)c2ccc3nc(C(F)F)[nH]c3c2)cc1. The molecule has 4 N–H and O–H groups in total. The number of H-pyrrole nitrogens is 1. The zero-order valence-corrected chi connectivity index (χ0v) is 12.9. The molecule has 0 saturated carbocycles. The molecule has 0 aliphatic rings. The highest BCUT2D eigenvalue weighted by molar-refractivity contribution is 6.05. The fourth-order valence-corrected chi connectivity index (χ4v) is 2.38. The van der Waals surface area contributed by atoms with Crippen molar-refractivity contribution in [3.05, 3.63) is 59.4 Å². The molecule has 0 unspecified atom stereocenters. The van der Waals surface area contributed by atoms with E-state index in [4.69, 9.17) is 5.73 Å². The molecule has 8 heteroatoms. The molecule has 2 aromatic carbocycles. The summed E-state index contributed by atoms with van der Waals surface area (Å²) in [5, 5.41) is 2.70. The van der Waals surface area contributed by atoms with Crippen molar-refractivity contribution in [3.8, 4) is 0 Å². The van der Waals surface area contributed by atoms with Crippen LogP contribution in [0, 0.1) is 0 Å². The Morgan fingerprint density at radius 1 is 1.16 bits per heavy atom. The molecule has 0 spiro atoms. The number of nitrogens with zero attached hydrogens (tertiary/aromatic N) is 1. The first-order chi connectivity index (χ1) is 11.9. The summed E-state index contributed by atoms with van der Waals surface area (Å²) in [5.74, 6) is -1.26. The van der Waals surface area contributed by atoms with Gasteiger partial charge in [-0.1, -0.05) is 12.1 Å². The lowest BCUT2D eigenvalue weighted by Crippen LogP contribution is -2.14. The van der Waals surface area contributed by atoms with Crippen LogP contribution in [0.1, 0.15) is 28.2 Å². The zero-order chi connectivity index (χ0) is 18.0. The molecule has 1 aromatic heterocycles. The molecule has 0 aliphatic heterocycles. The van der Waals surface area contributed by atoms with Crippen LogP contribution in [0.15, 0.2) is 42.5 Å². The van der Waals surface area contributed by atoms with Crippen LogP contribution >= 0.6 is 0 Å². The molecule has 0 saturated heterocycles.